The number of hydrogen-bond donors (Lipinski definition) is 1. The van der Waals surface area contributed by atoms with Crippen molar-refractivity contribution < 1.29 is 18.3 Å². The summed E-state index contributed by atoms with van der Waals surface area (Å²) in [7, 11) is 1.32. The number of esters is 1. The maximum absolute atomic E-state index is 13.1. The van der Waals surface area contributed by atoms with Crippen molar-refractivity contribution in [2.75, 3.05) is 12.8 Å². The molecule has 106 valence electrons. The fraction of sp³-hybridized carbons (Fsp3) is 0.214. The number of anilines is 1. The predicted octanol–water partition coefficient (Wildman–Crippen LogP) is 3.39. The van der Waals surface area contributed by atoms with Crippen LogP contribution in [0.4, 0.5) is 10.1 Å². The van der Waals surface area contributed by atoms with E-state index in [1.54, 1.807) is 13.0 Å². The predicted molar refractivity (Wildman–Crippen MR) is 75.2 cm³/mol. The van der Waals surface area contributed by atoms with Crippen LogP contribution in [-0.4, -0.2) is 13.1 Å². The number of nitrogen functional groups attached to an aromatic ring is 1. The number of hydrogen-bond acceptors (Lipinski definition) is 5. The molecule has 0 saturated carbocycles. The summed E-state index contributed by atoms with van der Waals surface area (Å²) in [6.45, 7) is 1.69. The topological polar surface area (TPSA) is 65.5 Å². The molecule has 0 unspecified atom stereocenters. The number of benzene rings is 1. The van der Waals surface area contributed by atoms with Crippen LogP contribution in [0.5, 0.6) is 0 Å². The van der Waals surface area contributed by atoms with E-state index in [2.05, 4.69) is 4.74 Å². The van der Waals surface area contributed by atoms with E-state index in [0.29, 0.717) is 33.4 Å². The smallest absolute Gasteiger partial charge is 0.341 e. The van der Waals surface area contributed by atoms with Gasteiger partial charge in [0, 0.05) is 10.6 Å². The van der Waals surface area contributed by atoms with E-state index in [1.165, 1.54) is 37.1 Å². The van der Waals surface area contributed by atoms with Gasteiger partial charge in [0.05, 0.1) is 12.9 Å². The van der Waals surface area contributed by atoms with Crippen LogP contribution in [0, 0.1) is 12.7 Å². The minimum absolute atomic E-state index is 0.340. The van der Waals surface area contributed by atoms with E-state index in [0.717, 1.165) is 0 Å². The Kier molecular flexibility index (Phi) is 4.34. The summed E-state index contributed by atoms with van der Waals surface area (Å²) >= 11 is 1.34. The standard InChI is InChI=1S/C14H14FNO3S/c1-8-11(14(17)18-2)6-10(19-8)7-20-13-5-9(15)3-4-12(13)16/h3-6H,7,16H2,1-2H3. The Morgan fingerprint density at radius 1 is 1.45 bits per heavy atom. The number of halogens is 1. The van der Waals surface area contributed by atoms with Crippen molar-refractivity contribution in [2.45, 2.75) is 17.6 Å². The zero-order valence-corrected chi connectivity index (χ0v) is 11.9. The highest BCUT2D eigenvalue weighted by molar-refractivity contribution is 7.98. The first-order valence-corrected chi connectivity index (χ1v) is 6.85. The van der Waals surface area contributed by atoms with Crippen molar-refractivity contribution in [3.8, 4) is 0 Å². The average molecular weight is 295 g/mol. The molecule has 0 saturated heterocycles. The van der Waals surface area contributed by atoms with Crippen molar-refractivity contribution in [2.24, 2.45) is 0 Å². The largest absolute Gasteiger partial charge is 0.465 e. The molecule has 0 aliphatic heterocycles. The minimum Gasteiger partial charge on any atom is -0.465 e. The zero-order chi connectivity index (χ0) is 14.7. The van der Waals surface area contributed by atoms with Crippen LogP contribution < -0.4 is 5.73 Å². The van der Waals surface area contributed by atoms with Gasteiger partial charge >= 0.3 is 5.97 Å². The first kappa shape index (κ1) is 14.5. The monoisotopic (exact) mass is 295 g/mol. The van der Waals surface area contributed by atoms with Crippen LogP contribution in [0.25, 0.3) is 0 Å². The molecule has 0 fully saturated rings. The number of thioether (sulfide) groups is 1. The molecule has 1 aromatic carbocycles. The number of methoxy groups -OCH3 is 1. The number of furan rings is 1. The molecule has 0 radical (unpaired) electrons. The Balaban J connectivity index is 2.11. The quantitative estimate of drug-likeness (QED) is 0.532. The summed E-state index contributed by atoms with van der Waals surface area (Å²) in [6.07, 6.45) is 0. The van der Waals surface area contributed by atoms with Gasteiger partial charge in [0.25, 0.3) is 0 Å². The summed E-state index contributed by atoms with van der Waals surface area (Å²) in [5.41, 5.74) is 6.67. The lowest BCUT2D eigenvalue weighted by Crippen LogP contribution is -2.00. The maximum Gasteiger partial charge on any atom is 0.341 e. The summed E-state index contributed by atoms with van der Waals surface area (Å²) in [6, 6.07) is 5.83. The lowest BCUT2D eigenvalue weighted by molar-refractivity contribution is 0.0599. The van der Waals surface area contributed by atoms with Gasteiger partial charge in [0.2, 0.25) is 0 Å². The highest BCUT2D eigenvalue weighted by atomic mass is 32.2. The van der Waals surface area contributed by atoms with E-state index >= 15 is 0 Å². The molecular formula is C14H14FNO3S. The van der Waals surface area contributed by atoms with Crippen LogP contribution in [0.3, 0.4) is 0 Å². The number of rotatable bonds is 4. The third-order valence-electron chi connectivity index (χ3n) is 2.72. The van der Waals surface area contributed by atoms with Gasteiger partial charge in [-0.15, -0.1) is 11.8 Å². The summed E-state index contributed by atoms with van der Waals surface area (Å²) in [4.78, 5) is 12.1. The van der Waals surface area contributed by atoms with E-state index in [4.69, 9.17) is 10.2 Å². The summed E-state index contributed by atoms with van der Waals surface area (Å²) in [5.74, 6) is 0.780. The van der Waals surface area contributed by atoms with Crippen molar-refractivity contribution in [3.05, 3.63) is 47.2 Å². The van der Waals surface area contributed by atoms with E-state index in [-0.39, 0.29) is 5.82 Å². The van der Waals surface area contributed by atoms with Gasteiger partial charge in [0.15, 0.2) is 0 Å². The Morgan fingerprint density at radius 2 is 2.20 bits per heavy atom. The van der Waals surface area contributed by atoms with Gasteiger partial charge in [-0.05, 0) is 31.2 Å². The number of carbonyl (C=O) groups excluding carboxylic acids is 1. The number of nitrogens with two attached hydrogens (primary N) is 1. The summed E-state index contributed by atoms with van der Waals surface area (Å²) in [5, 5.41) is 0. The maximum atomic E-state index is 13.1. The molecule has 20 heavy (non-hydrogen) atoms. The lowest BCUT2D eigenvalue weighted by atomic mass is 10.2. The number of aryl methyl sites for hydroxylation is 1. The van der Waals surface area contributed by atoms with Gasteiger partial charge < -0.3 is 14.9 Å². The Labute approximate surface area is 120 Å². The molecular weight excluding hydrogens is 281 g/mol. The normalized spacial score (nSPS) is 10.6. The molecule has 0 spiro atoms. The third-order valence-corrected chi connectivity index (χ3v) is 3.81. The SMILES string of the molecule is COC(=O)c1cc(CSc2cc(F)ccc2N)oc1C. The average Bonchev–Trinajstić information content (AvgIpc) is 2.80. The third kappa shape index (κ3) is 3.14. The van der Waals surface area contributed by atoms with Crippen LogP contribution in [0.2, 0.25) is 0 Å². The van der Waals surface area contributed by atoms with Crippen molar-refractivity contribution >= 4 is 23.4 Å². The molecule has 0 amide bonds. The van der Waals surface area contributed by atoms with Crippen LogP contribution in [-0.2, 0) is 10.5 Å². The van der Waals surface area contributed by atoms with Gasteiger partial charge in [-0.3, -0.25) is 0 Å². The second-order valence-corrected chi connectivity index (χ2v) is 5.16. The second-order valence-electron chi connectivity index (χ2n) is 4.14. The van der Waals surface area contributed by atoms with Crippen molar-refractivity contribution in [1.29, 1.82) is 0 Å². The molecule has 2 N–H and O–H groups in total. The van der Waals surface area contributed by atoms with Crippen LogP contribution in [0.15, 0.2) is 33.6 Å². The first-order chi connectivity index (χ1) is 9.51. The van der Waals surface area contributed by atoms with Gasteiger partial charge in [-0.1, -0.05) is 0 Å². The molecule has 0 aliphatic carbocycles. The number of carbonyl (C=O) groups is 1. The Morgan fingerprint density at radius 3 is 2.90 bits per heavy atom. The highest BCUT2D eigenvalue weighted by Crippen LogP contribution is 2.30. The summed E-state index contributed by atoms with van der Waals surface area (Å²) < 4.78 is 23.3. The van der Waals surface area contributed by atoms with E-state index < -0.39 is 5.97 Å². The molecule has 1 heterocycles. The van der Waals surface area contributed by atoms with Gasteiger partial charge in [-0.2, -0.15) is 0 Å². The van der Waals surface area contributed by atoms with Crippen molar-refractivity contribution in [1.82, 2.24) is 0 Å². The fourth-order valence-corrected chi connectivity index (χ4v) is 2.58. The fourth-order valence-electron chi connectivity index (χ4n) is 1.71. The Hall–Kier alpha value is -1.95. The molecule has 0 aliphatic rings. The molecule has 4 nitrogen and oxygen atoms in total. The molecule has 6 heteroatoms. The van der Waals surface area contributed by atoms with Crippen LogP contribution in [0.1, 0.15) is 21.9 Å². The lowest BCUT2D eigenvalue weighted by Gasteiger charge is -2.03. The Bertz CT molecular complexity index is 639. The minimum atomic E-state index is -0.437. The molecule has 1 aromatic heterocycles. The molecule has 0 atom stereocenters. The van der Waals surface area contributed by atoms with E-state index in [1.807, 2.05) is 0 Å². The zero-order valence-electron chi connectivity index (χ0n) is 11.1. The van der Waals surface area contributed by atoms with Crippen molar-refractivity contribution in [3.63, 3.8) is 0 Å². The van der Waals surface area contributed by atoms with Crippen LogP contribution >= 0.6 is 11.8 Å². The highest BCUT2D eigenvalue weighted by Gasteiger charge is 2.15. The second kappa shape index (κ2) is 6.00. The van der Waals surface area contributed by atoms with E-state index in [9.17, 15) is 9.18 Å². The number of ether oxygens (including phenoxy) is 1. The van der Waals surface area contributed by atoms with Gasteiger partial charge in [-0.25, -0.2) is 9.18 Å². The first-order valence-electron chi connectivity index (χ1n) is 5.86. The molecule has 2 aromatic rings. The molecule has 0 bridgehead atoms. The van der Waals surface area contributed by atoms with Gasteiger partial charge in [0.1, 0.15) is 22.9 Å². The molecule has 2 rings (SSSR count).